The van der Waals surface area contributed by atoms with Crippen LogP contribution >= 0.6 is 0 Å². The third-order valence-corrected chi connectivity index (χ3v) is 2.26. The van der Waals surface area contributed by atoms with Crippen molar-refractivity contribution in [3.05, 3.63) is 23.8 Å². The second-order valence-corrected chi connectivity index (χ2v) is 3.07. The highest BCUT2D eigenvalue weighted by Crippen LogP contribution is 2.30. The van der Waals surface area contributed by atoms with E-state index in [1.165, 1.54) is 0 Å². The molecule has 3 heteroatoms. The van der Waals surface area contributed by atoms with Crippen molar-refractivity contribution in [2.24, 2.45) is 0 Å². The SMILES string of the molecule is FCOc1cccc2c1CCCN2. The summed E-state index contributed by atoms with van der Waals surface area (Å²) >= 11 is 0. The van der Waals surface area contributed by atoms with Crippen LogP contribution in [0.3, 0.4) is 0 Å². The van der Waals surface area contributed by atoms with E-state index in [1.807, 2.05) is 18.2 Å². The summed E-state index contributed by atoms with van der Waals surface area (Å²) < 4.78 is 16.9. The van der Waals surface area contributed by atoms with Gasteiger partial charge in [0.2, 0.25) is 6.86 Å². The fourth-order valence-corrected chi connectivity index (χ4v) is 1.67. The number of hydrogen-bond acceptors (Lipinski definition) is 2. The quantitative estimate of drug-likeness (QED) is 0.756. The maximum absolute atomic E-state index is 12.0. The second-order valence-electron chi connectivity index (χ2n) is 3.07. The number of alkyl halides is 1. The summed E-state index contributed by atoms with van der Waals surface area (Å²) in [5.74, 6) is 0.673. The molecule has 1 aromatic rings. The van der Waals surface area contributed by atoms with E-state index in [0.29, 0.717) is 5.75 Å². The van der Waals surface area contributed by atoms with E-state index < -0.39 is 6.86 Å². The lowest BCUT2D eigenvalue weighted by Gasteiger charge is -2.20. The van der Waals surface area contributed by atoms with Gasteiger partial charge in [-0.1, -0.05) is 6.07 Å². The van der Waals surface area contributed by atoms with E-state index >= 15 is 0 Å². The van der Waals surface area contributed by atoms with Gasteiger partial charge in [-0.05, 0) is 25.0 Å². The van der Waals surface area contributed by atoms with Crippen LogP contribution in [0, 0.1) is 0 Å². The lowest BCUT2D eigenvalue weighted by atomic mass is 10.0. The Balaban J connectivity index is 2.34. The van der Waals surface area contributed by atoms with Gasteiger partial charge < -0.3 is 10.1 Å². The molecule has 1 aliphatic rings. The molecule has 1 aromatic carbocycles. The van der Waals surface area contributed by atoms with Gasteiger partial charge in [0.05, 0.1) is 0 Å². The molecule has 0 atom stereocenters. The summed E-state index contributed by atoms with van der Waals surface area (Å²) in [6.45, 7) is 0.239. The van der Waals surface area contributed by atoms with E-state index in [-0.39, 0.29) is 0 Å². The molecule has 1 aliphatic heterocycles. The number of ether oxygens (including phenoxy) is 1. The number of fused-ring (bicyclic) bond motifs is 1. The molecule has 0 fully saturated rings. The molecule has 1 heterocycles. The molecular formula is C10H12FNO. The molecule has 2 rings (SSSR count). The average molecular weight is 181 g/mol. The van der Waals surface area contributed by atoms with Gasteiger partial charge in [0.1, 0.15) is 5.75 Å². The van der Waals surface area contributed by atoms with Gasteiger partial charge in [-0.3, -0.25) is 0 Å². The first kappa shape index (κ1) is 8.35. The highest BCUT2D eigenvalue weighted by molar-refractivity contribution is 5.58. The summed E-state index contributed by atoms with van der Waals surface area (Å²) in [5, 5.41) is 3.26. The predicted octanol–water partition coefficient (Wildman–Crippen LogP) is 2.35. The standard InChI is InChI=1S/C10H12FNO/c11-7-13-10-5-1-4-9-8(10)3-2-6-12-9/h1,4-5,12H,2-3,6-7H2. The average Bonchev–Trinajstić information content (AvgIpc) is 2.19. The van der Waals surface area contributed by atoms with E-state index in [9.17, 15) is 4.39 Å². The number of hydrogen-bond donors (Lipinski definition) is 1. The van der Waals surface area contributed by atoms with Gasteiger partial charge in [-0.15, -0.1) is 0 Å². The summed E-state index contributed by atoms with van der Waals surface area (Å²) in [7, 11) is 0. The van der Waals surface area contributed by atoms with Crippen LogP contribution in [0.4, 0.5) is 10.1 Å². The molecule has 2 nitrogen and oxygen atoms in total. The van der Waals surface area contributed by atoms with Crippen LogP contribution < -0.4 is 10.1 Å². The molecule has 0 aromatic heterocycles. The zero-order chi connectivity index (χ0) is 9.10. The summed E-state index contributed by atoms with van der Waals surface area (Å²) in [5.41, 5.74) is 2.18. The Morgan fingerprint density at radius 1 is 1.46 bits per heavy atom. The Morgan fingerprint density at radius 2 is 2.38 bits per heavy atom. The van der Waals surface area contributed by atoms with Crippen molar-refractivity contribution in [3.63, 3.8) is 0 Å². The van der Waals surface area contributed by atoms with Crippen molar-refractivity contribution in [3.8, 4) is 5.75 Å². The number of nitrogens with one attached hydrogen (secondary N) is 1. The maximum Gasteiger partial charge on any atom is 0.228 e. The van der Waals surface area contributed by atoms with Crippen LogP contribution in [0.5, 0.6) is 5.75 Å². The number of rotatable bonds is 2. The van der Waals surface area contributed by atoms with Crippen LogP contribution in [0.15, 0.2) is 18.2 Å². The van der Waals surface area contributed by atoms with Gasteiger partial charge in [-0.2, -0.15) is 0 Å². The topological polar surface area (TPSA) is 21.3 Å². The summed E-state index contributed by atoms with van der Waals surface area (Å²) in [6, 6.07) is 5.69. The number of anilines is 1. The van der Waals surface area contributed by atoms with Crippen molar-refractivity contribution in [1.82, 2.24) is 0 Å². The Morgan fingerprint density at radius 3 is 3.23 bits per heavy atom. The highest BCUT2D eigenvalue weighted by Gasteiger charge is 2.12. The van der Waals surface area contributed by atoms with Crippen molar-refractivity contribution >= 4 is 5.69 Å². The van der Waals surface area contributed by atoms with Crippen molar-refractivity contribution in [1.29, 1.82) is 0 Å². The molecule has 1 N–H and O–H groups in total. The first-order chi connectivity index (χ1) is 6.42. The van der Waals surface area contributed by atoms with Crippen LogP contribution in [0.1, 0.15) is 12.0 Å². The molecule has 70 valence electrons. The van der Waals surface area contributed by atoms with E-state index in [0.717, 1.165) is 30.6 Å². The molecule has 0 amide bonds. The molecule has 0 spiro atoms. The summed E-state index contributed by atoms with van der Waals surface area (Å²) in [4.78, 5) is 0. The Kier molecular flexibility index (Phi) is 2.34. The Bertz CT molecular complexity index is 301. The third kappa shape index (κ3) is 1.59. The Hall–Kier alpha value is -1.25. The van der Waals surface area contributed by atoms with Crippen LogP contribution in [0.25, 0.3) is 0 Å². The second kappa shape index (κ2) is 3.64. The maximum atomic E-state index is 12.0. The van der Waals surface area contributed by atoms with E-state index in [2.05, 4.69) is 5.32 Å². The molecular weight excluding hydrogens is 169 g/mol. The first-order valence-corrected chi connectivity index (χ1v) is 4.46. The number of benzene rings is 1. The highest BCUT2D eigenvalue weighted by atomic mass is 19.1. The van der Waals surface area contributed by atoms with Crippen molar-refractivity contribution in [2.75, 3.05) is 18.7 Å². The molecule has 0 radical (unpaired) electrons. The molecule has 0 bridgehead atoms. The zero-order valence-electron chi connectivity index (χ0n) is 7.35. The van der Waals surface area contributed by atoms with Crippen LogP contribution in [0.2, 0.25) is 0 Å². The number of halogens is 1. The van der Waals surface area contributed by atoms with Crippen LogP contribution in [-0.2, 0) is 6.42 Å². The molecule has 0 saturated carbocycles. The fourth-order valence-electron chi connectivity index (χ4n) is 1.67. The fraction of sp³-hybridized carbons (Fsp3) is 0.400. The van der Waals surface area contributed by atoms with Gasteiger partial charge >= 0.3 is 0 Å². The van der Waals surface area contributed by atoms with Gasteiger partial charge in [0.15, 0.2) is 0 Å². The third-order valence-electron chi connectivity index (χ3n) is 2.26. The van der Waals surface area contributed by atoms with Gasteiger partial charge in [-0.25, -0.2) is 4.39 Å². The minimum Gasteiger partial charge on any atom is -0.463 e. The first-order valence-electron chi connectivity index (χ1n) is 4.46. The monoisotopic (exact) mass is 181 g/mol. The van der Waals surface area contributed by atoms with Crippen molar-refractivity contribution in [2.45, 2.75) is 12.8 Å². The molecule has 13 heavy (non-hydrogen) atoms. The van der Waals surface area contributed by atoms with Crippen LogP contribution in [-0.4, -0.2) is 13.4 Å². The van der Waals surface area contributed by atoms with Gasteiger partial charge in [0, 0.05) is 17.8 Å². The normalized spacial score (nSPS) is 14.5. The van der Waals surface area contributed by atoms with E-state index in [4.69, 9.17) is 4.74 Å². The minimum atomic E-state index is -0.754. The molecule has 0 saturated heterocycles. The molecule has 0 unspecified atom stereocenters. The molecule has 0 aliphatic carbocycles. The summed E-state index contributed by atoms with van der Waals surface area (Å²) in [6.07, 6.45) is 2.05. The lowest BCUT2D eigenvalue weighted by Crippen LogP contribution is -2.12. The van der Waals surface area contributed by atoms with Gasteiger partial charge in [0.25, 0.3) is 0 Å². The smallest absolute Gasteiger partial charge is 0.228 e. The van der Waals surface area contributed by atoms with Crippen molar-refractivity contribution < 1.29 is 9.13 Å². The zero-order valence-corrected chi connectivity index (χ0v) is 7.35. The Labute approximate surface area is 76.7 Å². The predicted molar refractivity (Wildman–Crippen MR) is 49.9 cm³/mol. The van der Waals surface area contributed by atoms with E-state index in [1.54, 1.807) is 0 Å². The minimum absolute atomic E-state index is 0.673. The lowest BCUT2D eigenvalue weighted by molar-refractivity contribution is 0.190. The largest absolute Gasteiger partial charge is 0.463 e.